The summed E-state index contributed by atoms with van der Waals surface area (Å²) in [6, 6.07) is 0. The first-order chi connectivity index (χ1) is 5.96. The van der Waals surface area contributed by atoms with E-state index in [0.717, 1.165) is 0 Å². The van der Waals surface area contributed by atoms with E-state index in [4.69, 9.17) is 5.11 Å². The molecule has 0 aromatic heterocycles. The molecular formula is C9H14O4. The van der Waals surface area contributed by atoms with Gasteiger partial charge in [0, 0.05) is 0 Å². The van der Waals surface area contributed by atoms with Crippen LogP contribution in [0, 0.1) is 5.92 Å². The van der Waals surface area contributed by atoms with Crippen LogP contribution in [0.25, 0.3) is 0 Å². The molecule has 0 aromatic rings. The van der Waals surface area contributed by atoms with Crippen molar-refractivity contribution in [3.05, 3.63) is 0 Å². The second-order valence-electron chi connectivity index (χ2n) is 3.70. The minimum Gasteiger partial charge on any atom is -0.481 e. The number of carboxylic acid groups (broad SMARTS) is 1. The van der Waals surface area contributed by atoms with Crippen LogP contribution in [0.2, 0.25) is 0 Å². The molecule has 4 nitrogen and oxygen atoms in total. The van der Waals surface area contributed by atoms with Gasteiger partial charge in [0.15, 0.2) is 5.78 Å². The maximum absolute atomic E-state index is 11.0. The standard InChI is InChI=1S/C9H14O4/c1-6(10)9(13)4-2-7(3-5-9)8(11)12/h7,13H,2-5H2,1H3,(H,11,12)/t7-,9+. The molecule has 0 unspecified atom stereocenters. The SMILES string of the molecule is CC(=O)[C@]1(O)CC[C@@H](C(=O)O)CC1. The van der Waals surface area contributed by atoms with E-state index < -0.39 is 11.6 Å². The first-order valence-corrected chi connectivity index (χ1v) is 4.42. The summed E-state index contributed by atoms with van der Waals surface area (Å²) >= 11 is 0. The fourth-order valence-corrected chi connectivity index (χ4v) is 1.69. The van der Waals surface area contributed by atoms with Gasteiger partial charge in [0.25, 0.3) is 0 Å². The quantitative estimate of drug-likeness (QED) is 0.661. The smallest absolute Gasteiger partial charge is 0.306 e. The molecule has 0 atom stereocenters. The van der Waals surface area contributed by atoms with Crippen molar-refractivity contribution >= 4 is 11.8 Å². The van der Waals surface area contributed by atoms with E-state index in [1.54, 1.807) is 0 Å². The highest BCUT2D eigenvalue weighted by Crippen LogP contribution is 2.32. The molecule has 0 saturated heterocycles. The van der Waals surface area contributed by atoms with E-state index in [2.05, 4.69) is 0 Å². The molecule has 1 aliphatic rings. The minimum atomic E-state index is -1.26. The molecule has 1 rings (SSSR count). The van der Waals surface area contributed by atoms with Gasteiger partial charge in [0.2, 0.25) is 0 Å². The highest BCUT2D eigenvalue weighted by atomic mass is 16.4. The Morgan fingerprint density at radius 2 is 1.77 bits per heavy atom. The molecule has 1 saturated carbocycles. The summed E-state index contributed by atoms with van der Waals surface area (Å²) in [6.07, 6.45) is 1.34. The van der Waals surface area contributed by atoms with Crippen LogP contribution in [0.3, 0.4) is 0 Å². The fraction of sp³-hybridized carbons (Fsp3) is 0.778. The Labute approximate surface area is 76.6 Å². The molecule has 0 amide bonds. The molecule has 0 aliphatic heterocycles. The van der Waals surface area contributed by atoms with Gasteiger partial charge in [-0.15, -0.1) is 0 Å². The van der Waals surface area contributed by atoms with Crippen LogP contribution < -0.4 is 0 Å². The summed E-state index contributed by atoms with van der Waals surface area (Å²) in [6.45, 7) is 1.35. The molecule has 0 heterocycles. The average Bonchev–Trinajstić information content (AvgIpc) is 2.04. The molecule has 74 valence electrons. The number of carbonyl (C=O) groups is 2. The second-order valence-corrected chi connectivity index (χ2v) is 3.70. The third kappa shape index (κ3) is 2.06. The summed E-state index contributed by atoms with van der Waals surface area (Å²) in [7, 11) is 0. The van der Waals surface area contributed by atoms with Gasteiger partial charge >= 0.3 is 5.97 Å². The van der Waals surface area contributed by atoms with Gasteiger partial charge in [0.1, 0.15) is 5.60 Å². The van der Waals surface area contributed by atoms with Crippen molar-refractivity contribution in [2.45, 2.75) is 38.2 Å². The van der Waals surface area contributed by atoms with Crippen molar-refractivity contribution in [1.29, 1.82) is 0 Å². The van der Waals surface area contributed by atoms with Gasteiger partial charge in [-0.05, 0) is 32.6 Å². The lowest BCUT2D eigenvalue weighted by Crippen LogP contribution is -2.41. The van der Waals surface area contributed by atoms with E-state index in [0.29, 0.717) is 12.8 Å². The van der Waals surface area contributed by atoms with Crippen LogP contribution in [0.4, 0.5) is 0 Å². The average molecular weight is 186 g/mol. The number of rotatable bonds is 2. The largest absolute Gasteiger partial charge is 0.481 e. The highest BCUT2D eigenvalue weighted by molar-refractivity contribution is 5.85. The number of ketones is 1. The minimum absolute atomic E-state index is 0.253. The summed E-state index contributed by atoms with van der Waals surface area (Å²) < 4.78 is 0. The van der Waals surface area contributed by atoms with E-state index in [1.807, 2.05) is 0 Å². The Morgan fingerprint density at radius 1 is 1.31 bits per heavy atom. The molecule has 1 fully saturated rings. The van der Waals surface area contributed by atoms with Crippen molar-refractivity contribution < 1.29 is 19.8 Å². The molecule has 1 aliphatic carbocycles. The Hall–Kier alpha value is -0.900. The molecule has 0 spiro atoms. The number of aliphatic hydroxyl groups is 1. The van der Waals surface area contributed by atoms with Crippen LogP contribution in [-0.4, -0.2) is 27.6 Å². The Kier molecular flexibility index (Phi) is 2.71. The summed E-state index contributed by atoms with van der Waals surface area (Å²) in [4.78, 5) is 21.6. The number of aliphatic carboxylic acids is 1. The zero-order chi connectivity index (χ0) is 10.1. The van der Waals surface area contributed by atoms with Gasteiger partial charge in [-0.3, -0.25) is 9.59 Å². The highest BCUT2D eigenvalue weighted by Gasteiger charge is 2.38. The van der Waals surface area contributed by atoms with Crippen LogP contribution in [0.15, 0.2) is 0 Å². The van der Waals surface area contributed by atoms with Crippen molar-refractivity contribution in [3.8, 4) is 0 Å². The van der Waals surface area contributed by atoms with Crippen molar-refractivity contribution in [3.63, 3.8) is 0 Å². The van der Waals surface area contributed by atoms with E-state index in [1.165, 1.54) is 6.92 Å². The van der Waals surface area contributed by atoms with E-state index in [-0.39, 0.29) is 24.5 Å². The summed E-state index contributed by atoms with van der Waals surface area (Å²) in [5, 5.41) is 18.4. The Morgan fingerprint density at radius 3 is 2.08 bits per heavy atom. The lowest BCUT2D eigenvalue weighted by molar-refractivity contribution is -0.149. The van der Waals surface area contributed by atoms with Gasteiger partial charge in [-0.25, -0.2) is 0 Å². The molecular weight excluding hydrogens is 172 g/mol. The topological polar surface area (TPSA) is 74.6 Å². The monoisotopic (exact) mass is 186 g/mol. The number of carboxylic acids is 1. The molecule has 0 radical (unpaired) electrons. The van der Waals surface area contributed by atoms with Gasteiger partial charge in [0.05, 0.1) is 5.92 Å². The summed E-state index contributed by atoms with van der Waals surface area (Å²) in [5.74, 6) is -1.47. The van der Waals surface area contributed by atoms with Gasteiger partial charge in [-0.2, -0.15) is 0 Å². The summed E-state index contributed by atoms with van der Waals surface area (Å²) in [5.41, 5.74) is -1.26. The normalized spacial score (nSPS) is 34.2. The second kappa shape index (κ2) is 3.46. The first kappa shape index (κ1) is 10.2. The van der Waals surface area contributed by atoms with Crippen molar-refractivity contribution in [1.82, 2.24) is 0 Å². The zero-order valence-corrected chi connectivity index (χ0v) is 7.62. The van der Waals surface area contributed by atoms with Crippen molar-refractivity contribution in [2.75, 3.05) is 0 Å². The molecule has 0 bridgehead atoms. The Bertz CT molecular complexity index is 226. The zero-order valence-electron chi connectivity index (χ0n) is 7.62. The van der Waals surface area contributed by atoms with Crippen molar-refractivity contribution in [2.24, 2.45) is 5.92 Å². The first-order valence-electron chi connectivity index (χ1n) is 4.42. The molecule has 4 heteroatoms. The maximum atomic E-state index is 11.0. The lowest BCUT2D eigenvalue weighted by Gasteiger charge is -2.32. The predicted octanol–water partition coefficient (Wildman–Crippen LogP) is 0.581. The molecule has 0 aromatic carbocycles. The van der Waals surface area contributed by atoms with Crippen LogP contribution >= 0.6 is 0 Å². The van der Waals surface area contributed by atoms with Crippen LogP contribution in [-0.2, 0) is 9.59 Å². The molecule has 2 N–H and O–H groups in total. The number of hydrogen-bond donors (Lipinski definition) is 2. The van der Waals surface area contributed by atoms with E-state index in [9.17, 15) is 14.7 Å². The van der Waals surface area contributed by atoms with Gasteiger partial charge in [-0.1, -0.05) is 0 Å². The third-order valence-electron chi connectivity index (χ3n) is 2.82. The fourth-order valence-electron chi connectivity index (χ4n) is 1.69. The van der Waals surface area contributed by atoms with Gasteiger partial charge < -0.3 is 10.2 Å². The molecule has 13 heavy (non-hydrogen) atoms. The maximum Gasteiger partial charge on any atom is 0.306 e. The number of carbonyl (C=O) groups excluding carboxylic acids is 1. The van der Waals surface area contributed by atoms with E-state index >= 15 is 0 Å². The Balaban J connectivity index is 2.56. The predicted molar refractivity (Wildman–Crippen MR) is 45.2 cm³/mol. The lowest BCUT2D eigenvalue weighted by atomic mass is 9.77. The number of Topliss-reactive ketones (excluding diaryl/α,β-unsaturated/α-hetero) is 1. The van der Waals surface area contributed by atoms with Crippen LogP contribution in [0.5, 0.6) is 0 Å². The van der Waals surface area contributed by atoms with Crippen LogP contribution in [0.1, 0.15) is 32.6 Å². The number of hydrogen-bond acceptors (Lipinski definition) is 3. The third-order valence-corrected chi connectivity index (χ3v) is 2.82.